The van der Waals surface area contributed by atoms with Crippen molar-refractivity contribution in [1.82, 2.24) is 4.98 Å². The van der Waals surface area contributed by atoms with E-state index >= 15 is 0 Å². The number of anilines is 1. The summed E-state index contributed by atoms with van der Waals surface area (Å²) in [4.78, 5) is 17.2. The van der Waals surface area contributed by atoms with Crippen LogP contribution in [0, 0.1) is 6.92 Å². The Labute approximate surface area is 141 Å². The van der Waals surface area contributed by atoms with Crippen LogP contribution in [0.2, 0.25) is 0 Å². The molecule has 4 rings (SSSR count). The number of aryl methyl sites for hydroxylation is 1. The lowest BCUT2D eigenvalue weighted by Gasteiger charge is -2.09. The largest absolute Gasteiger partial charge is 0.490 e. The minimum Gasteiger partial charge on any atom is -0.490 e. The minimum atomic E-state index is -0.219. The molecule has 0 spiro atoms. The molecule has 0 amide bonds. The van der Waals surface area contributed by atoms with Gasteiger partial charge >= 0.3 is 0 Å². The third-order valence-electron chi connectivity index (χ3n) is 3.91. The number of ether oxygens (including phenoxy) is 1. The quantitative estimate of drug-likeness (QED) is 0.598. The van der Waals surface area contributed by atoms with Crippen molar-refractivity contribution in [3.8, 4) is 17.1 Å². The maximum absolute atomic E-state index is 13.0. The smallest absolute Gasteiger partial charge is 0.236 e. The molecule has 0 aliphatic rings. The van der Waals surface area contributed by atoms with E-state index in [9.17, 15) is 4.79 Å². The van der Waals surface area contributed by atoms with Crippen LogP contribution in [0.25, 0.3) is 32.5 Å². The van der Waals surface area contributed by atoms with E-state index in [1.165, 1.54) is 18.4 Å². The van der Waals surface area contributed by atoms with E-state index in [1.54, 1.807) is 12.1 Å². The third-order valence-corrected chi connectivity index (χ3v) is 4.82. The molecule has 0 saturated heterocycles. The van der Waals surface area contributed by atoms with Crippen LogP contribution in [0.15, 0.2) is 45.6 Å². The van der Waals surface area contributed by atoms with Gasteiger partial charge in [0.2, 0.25) is 11.2 Å². The van der Waals surface area contributed by atoms with Crippen molar-refractivity contribution in [2.24, 2.45) is 0 Å². The van der Waals surface area contributed by atoms with Crippen molar-refractivity contribution in [3.05, 3.63) is 52.2 Å². The van der Waals surface area contributed by atoms with Gasteiger partial charge in [0, 0.05) is 5.56 Å². The van der Waals surface area contributed by atoms with Gasteiger partial charge in [-0.3, -0.25) is 4.79 Å². The van der Waals surface area contributed by atoms with E-state index in [0.717, 1.165) is 11.1 Å². The van der Waals surface area contributed by atoms with Crippen LogP contribution in [0.5, 0.6) is 5.75 Å². The van der Waals surface area contributed by atoms with Gasteiger partial charge in [-0.05, 0) is 19.1 Å². The Kier molecular flexibility index (Phi) is 3.28. The van der Waals surface area contributed by atoms with Crippen molar-refractivity contribution >= 4 is 37.7 Å². The summed E-state index contributed by atoms with van der Waals surface area (Å²) >= 11 is 1.27. The van der Waals surface area contributed by atoms with Crippen molar-refractivity contribution in [2.45, 2.75) is 6.92 Å². The molecule has 0 aliphatic heterocycles. The van der Waals surface area contributed by atoms with Gasteiger partial charge in [0.1, 0.15) is 5.58 Å². The molecule has 0 atom stereocenters. The molecule has 2 aromatic carbocycles. The van der Waals surface area contributed by atoms with Crippen LogP contribution in [0.3, 0.4) is 0 Å². The number of hydrogen-bond acceptors (Lipinski definition) is 6. The predicted octanol–water partition coefficient (Wildman–Crippen LogP) is 3.97. The van der Waals surface area contributed by atoms with E-state index in [1.807, 2.05) is 31.2 Å². The lowest BCUT2D eigenvalue weighted by Crippen LogP contribution is -2.07. The summed E-state index contributed by atoms with van der Waals surface area (Å²) in [6, 6.07) is 11.3. The van der Waals surface area contributed by atoms with Crippen LogP contribution in [-0.2, 0) is 0 Å². The molecule has 0 unspecified atom stereocenters. The molecule has 2 heterocycles. The van der Waals surface area contributed by atoms with Gasteiger partial charge in [-0.2, -0.15) is 0 Å². The molecule has 24 heavy (non-hydrogen) atoms. The highest BCUT2D eigenvalue weighted by molar-refractivity contribution is 7.23. The molecule has 4 aromatic rings. The van der Waals surface area contributed by atoms with Gasteiger partial charge in [0.25, 0.3) is 0 Å². The molecule has 0 aliphatic carbocycles. The normalized spacial score (nSPS) is 11.2. The Bertz CT molecular complexity index is 1130. The number of nitrogen functional groups attached to an aromatic ring is 1. The lowest BCUT2D eigenvalue weighted by atomic mass is 10.1. The van der Waals surface area contributed by atoms with Gasteiger partial charge in [-0.25, -0.2) is 4.98 Å². The van der Waals surface area contributed by atoms with E-state index in [2.05, 4.69) is 4.98 Å². The van der Waals surface area contributed by atoms with Gasteiger partial charge in [0.05, 0.1) is 22.7 Å². The maximum Gasteiger partial charge on any atom is 0.236 e. The Balaban J connectivity index is 2.11. The summed E-state index contributed by atoms with van der Waals surface area (Å²) in [7, 11) is 1.47. The fraction of sp³-hybridized carbons (Fsp3) is 0.111. The first-order chi connectivity index (χ1) is 11.6. The molecular formula is C18H14N2O3S. The number of nitrogens with zero attached hydrogens (tertiary/aromatic N) is 1. The molecule has 5 nitrogen and oxygen atoms in total. The fourth-order valence-corrected chi connectivity index (χ4v) is 3.61. The molecule has 2 N–H and O–H groups in total. The molecule has 0 radical (unpaired) electrons. The first-order valence-corrected chi connectivity index (χ1v) is 8.17. The second kappa shape index (κ2) is 5.35. The number of methoxy groups -OCH3 is 1. The Morgan fingerprint density at radius 2 is 1.92 bits per heavy atom. The van der Waals surface area contributed by atoms with E-state index < -0.39 is 0 Å². The molecular weight excluding hydrogens is 324 g/mol. The number of nitrogens with two attached hydrogens (primary N) is 1. The highest BCUT2D eigenvalue weighted by Crippen LogP contribution is 2.35. The number of hydrogen-bond donors (Lipinski definition) is 1. The van der Waals surface area contributed by atoms with Gasteiger partial charge in [0.15, 0.2) is 10.9 Å². The molecule has 0 saturated carbocycles. The number of rotatable bonds is 2. The van der Waals surface area contributed by atoms with Crippen LogP contribution < -0.4 is 15.9 Å². The summed E-state index contributed by atoms with van der Waals surface area (Å²) in [5, 5.41) is 0.868. The zero-order chi connectivity index (χ0) is 16.8. The predicted molar refractivity (Wildman–Crippen MR) is 96.8 cm³/mol. The van der Waals surface area contributed by atoms with Crippen molar-refractivity contribution in [3.63, 3.8) is 0 Å². The van der Waals surface area contributed by atoms with Crippen LogP contribution in [0.1, 0.15) is 5.56 Å². The first kappa shape index (κ1) is 14.7. The number of aromatic nitrogens is 1. The Morgan fingerprint density at radius 3 is 2.62 bits per heavy atom. The standard InChI is InChI=1S/C18H14N2O3S/c1-9-3-5-10(6-4-9)15-16(22-2)14(21)13-12(23-15)8-7-11-17(13)24-18(19)20-11/h3-8H,1-2H3,(H2,19,20). The zero-order valence-corrected chi connectivity index (χ0v) is 13.9. The molecule has 2 aromatic heterocycles. The summed E-state index contributed by atoms with van der Waals surface area (Å²) in [5.41, 5.74) is 8.66. The molecule has 120 valence electrons. The van der Waals surface area contributed by atoms with Gasteiger partial charge < -0.3 is 14.9 Å². The van der Waals surface area contributed by atoms with E-state index in [0.29, 0.717) is 32.1 Å². The van der Waals surface area contributed by atoms with Crippen LogP contribution >= 0.6 is 11.3 Å². The van der Waals surface area contributed by atoms with Gasteiger partial charge in [-0.1, -0.05) is 41.2 Å². The second-order valence-corrected chi connectivity index (χ2v) is 6.53. The van der Waals surface area contributed by atoms with E-state index in [4.69, 9.17) is 14.9 Å². The molecule has 6 heteroatoms. The zero-order valence-electron chi connectivity index (χ0n) is 13.1. The summed E-state index contributed by atoms with van der Waals surface area (Å²) in [5.74, 6) is 0.609. The molecule has 0 fully saturated rings. The third kappa shape index (κ3) is 2.15. The fourth-order valence-electron chi connectivity index (χ4n) is 2.74. The maximum atomic E-state index is 13.0. The lowest BCUT2D eigenvalue weighted by molar-refractivity contribution is 0.399. The van der Waals surface area contributed by atoms with Gasteiger partial charge in [-0.15, -0.1) is 0 Å². The average molecular weight is 338 g/mol. The molecule has 0 bridgehead atoms. The highest BCUT2D eigenvalue weighted by atomic mass is 32.1. The van der Waals surface area contributed by atoms with Crippen molar-refractivity contribution in [2.75, 3.05) is 12.8 Å². The SMILES string of the molecule is COc1c(-c2ccc(C)cc2)oc2ccc3nc(N)sc3c2c1=O. The second-order valence-electron chi connectivity index (χ2n) is 5.50. The van der Waals surface area contributed by atoms with Crippen LogP contribution in [-0.4, -0.2) is 12.1 Å². The number of benzene rings is 2. The van der Waals surface area contributed by atoms with Crippen molar-refractivity contribution in [1.29, 1.82) is 0 Å². The number of fused-ring (bicyclic) bond motifs is 3. The first-order valence-electron chi connectivity index (χ1n) is 7.35. The average Bonchev–Trinajstić information content (AvgIpc) is 2.95. The topological polar surface area (TPSA) is 78.3 Å². The minimum absolute atomic E-state index is 0.186. The van der Waals surface area contributed by atoms with Crippen molar-refractivity contribution < 1.29 is 9.15 Å². The summed E-state index contributed by atoms with van der Waals surface area (Å²) in [6.45, 7) is 2.00. The highest BCUT2D eigenvalue weighted by Gasteiger charge is 2.19. The Hall–Kier alpha value is -2.86. The van der Waals surface area contributed by atoms with E-state index in [-0.39, 0.29) is 11.2 Å². The van der Waals surface area contributed by atoms with Crippen LogP contribution in [0.4, 0.5) is 5.13 Å². The summed E-state index contributed by atoms with van der Waals surface area (Å²) in [6.07, 6.45) is 0. The monoisotopic (exact) mass is 338 g/mol. The summed E-state index contributed by atoms with van der Waals surface area (Å²) < 4.78 is 12.1. The number of thiazole rings is 1. The Morgan fingerprint density at radius 1 is 1.17 bits per heavy atom.